The molecule has 2 aliphatic carbocycles. The van der Waals surface area contributed by atoms with Gasteiger partial charge in [0.15, 0.2) is 0 Å². The van der Waals surface area contributed by atoms with Crippen molar-refractivity contribution in [3.63, 3.8) is 0 Å². The van der Waals surface area contributed by atoms with Crippen molar-refractivity contribution in [2.45, 2.75) is 52.0 Å². The minimum atomic E-state index is -0.681. The van der Waals surface area contributed by atoms with Crippen LogP contribution in [0.5, 0.6) is 0 Å². The average Bonchev–Trinajstić information content (AvgIpc) is 2.59. The Hall–Kier alpha value is -0.940. The molecule has 0 aromatic carbocycles. The molecule has 1 heterocycles. The third-order valence-corrected chi connectivity index (χ3v) is 6.31. The van der Waals surface area contributed by atoms with Crippen LogP contribution in [-0.2, 0) is 9.59 Å². The number of likely N-dealkylation sites (tertiary alicyclic amines) is 1. The SMILES string of the molecule is CC(C)[C@@H](CO)N1C(=O)[C@@]23CCCC[C@]2(C1=O)[C@@H](CO)C3. The van der Waals surface area contributed by atoms with Gasteiger partial charge in [-0.2, -0.15) is 0 Å². The van der Waals surface area contributed by atoms with Gasteiger partial charge >= 0.3 is 0 Å². The van der Waals surface area contributed by atoms with Gasteiger partial charge in [0.05, 0.1) is 23.5 Å². The smallest absolute Gasteiger partial charge is 0.237 e. The molecule has 21 heavy (non-hydrogen) atoms. The number of imide groups is 1. The molecule has 2 saturated carbocycles. The Labute approximate surface area is 125 Å². The molecule has 118 valence electrons. The fourth-order valence-electron chi connectivity index (χ4n) is 5.16. The molecule has 0 aromatic heterocycles. The molecule has 1 aliphatic heterocycles. The molecule has 0 bridgehead atoms. The number of aliphatic hydroxyl groups is 2. The molecule has 0 radical (unpaired) electrons. The summed E-state index contributed by atoms with van der Waals surface area (Å²) in [5.74, 6) is -0.288. The van der Waals surface area contributed by atoms with E-state index < -0.39 is 16.9 Å². The second-order valence-electron chi connectivity index (χ2n) is 7.32. The minimum Gasteiger partial charge on any atom is -0.396 e. The van der Waals surface area contributed by atoms with Crippen LogP contribution in [0.25, 0.3) is 0 Å². The fourth-order valence-corrected chi connectivity index (χ4v) is 5.16. The van der Waals surface area contributed by atoms with Crippen LogP contribution in [0.2, 0.25) is 0 Å². The molecule has 0 spiro atoms. The van der Waals surface area contributed by atoms with Crippen molar-refractivity contribution in [1.29, 1.82) is 0 Å². The van der Waals surface area contributed by atoms with Crippen LogP contribution in [0.4, 0.5) is 0 Å². The second-order valence-corrected chi connectivity index (χ2v) is 7.32. The predicted octanol–water partition coefficient (Wildman–Crippen LogP) is 0.931. The summed E-state index contributed by atoms with van der Waals surface area (Å²) in [4.78, 5) is 27.4. The number of hydrogen-bond donors (Lipinski definition) is 2. The van der Waals surface area contributed by atoms with Crippen LogP contribution in [0.3, 0.4) is 0 Å². The van der Waals surface area contributed by atoms with Gasteiger partial charge in [0, 0.05) is 6.61 Å². The summed E-state index contributed by atoms with van der Waals surface area (Å²) in [7, 11) is 0. The molecular formula is C16H25NO4. The number of aliphatic hydroxyl groups excluding tert-OH is 2. The Kier molecular flexibility index (Phi) is 3.41. The van der Waals surface area contributed by atoms with Crippen LogP contribution >= 0.6 is 0 Å². The lowest BCUT2D eigenvalue weighted by molar-refractivity contribution is -0.183. The Bertz CT molecular complexity index is 477. The summed E-state index contributed by atoms with van der Waals surface area (Å²) in [6.45, 7) is 3.62. The van der Waals surface area contributed by atoms with Gasteiger partial charge in [-0.05, 0) is 31.1 Å². The van der Waals surface area contributed by atoms with E-state index in [0.29, 0.717) is 12.8 Å². The lowest BCUT2D eigenvalue weighted by Gasteiger charge is -2.59. The first-order chi connectivity index (χ1) is 9.96. The molecular weight excluding hydrogens is 270 g/mol. The summed E-state index contributed by atoms with van der Waals surface area (Å²) >= 11 is 0. The third-order valence-electron chi connectivity index (χ3n) is 6.31. The highest BCUT2D eigenvalue weighted by Crippen LogP contribution is 2.72. The van der Waals surface area contributed by atoms with Gasteiger partial charge in [-0.1, -0.05) is 26.7 Å². The van der Waals surface area contributed by atoms with Crippen molar-refractivity contribution in [1.82, 2.24) is 4.90 Å². The zero-order valence-corrected chi connectivity index (χ0v) is 12.8. The van der Waals surface area contributed by atoms with Crippen molar-refractivity contribution in [2.24, 2.45) is 22.7 Å². The van der Waals surface area contributed by atoms with Gasteiger partial charge in [-0.15, -0.1) is 0 Å². The van der Waals surface area contributed by atoms with Crippen LogP contribution in [0.15, 0.2) is 0 Å². The maximum Gasteiger partial charge on any atom is 0.237 e. The summed E-state index contributed by atoms with van der Waals surface area (Å²) in [5, 5.41) is 19.3. The maximum atomic E-state index is 13.1. The van der Waals surface area contributed by atoms with Crippen molar-refractivity contribution in [2.75, 3.05) is 13.2 Å². The van der Waals surface area contributed by atoms with Crippen molar-refractivity contribution in [3.05, 3.63) is 0 Å². The lowest BCUT2D eigenvalue weighted by atomic mass is 9.40. The molecule has 5 heteroatoms. The Morgan fingerprint density at radius 2 is 1.86 bits per heavy atom. The first-order valence-electron chi connectivity index (χ1n) is 8.06. The molecule has 1 saturated heterocycles. The molecule has 3 aliphatic rings. The summed E-state index contributed by atoms with van der Waals surface area (Å²) in [6, 6.07) is -0.443. The van der Waals surface area contributed by atoms with Gasteiger partial charge in [0.2, 0.25) is 11.8 Å². The van der Waals surface area contributed by atoms with Crippen LogP contribution in [-0.4, -0.2) is 46.2 Å². The van der Waals surface area contributed by atoms with Crippen molar-refractivity contribution >= 4 is 11.8 Å². The Morgan fingerprint density at radius 3 is 2.43 bits per heavy atom. The Balaban J connectivity index is 2.05. The number of hydrogen-bond acceptors (Lipinski definition) is 4. The van der Waals surface area contributed by atoms with E-state index in [4.69, 9.17) is 0 Å². The predicted molar refractivity (Wildman–Crippen MR) is 76.1 cm³/mol. The van der Waals surface area contributed by atoms with Crippen LogP contribution in [0.1, 0.15) is 46.0 Å². The van der Waals surface area contributed by atoms with E-state index >= 15 is 0 Å². The van der Waals surface area contributed by atoms with E-state index in [9.17, 15) is 19.8 Å². The third kappa shape index (κ3) is 1.54. The standard InChI is InChI=1S/C16H25NO4/c1-10(2)12(9-19)17-13(20)15-5-3-4-6-16(15,14(17)21)11(7-15)8-18/h10-12,18-19H,3-9H2,1-2H3/t11-,12-,15+,16-/m1/s1. The molecule has 4 atom stereocenters. The molecule has 0 unspecified atom stereocenters. The van der Waals surface area contributed by atoms with Gasteiger partial charge in [0.25, 0.3) is 0 Å². The van der Waals surface area contributed by atoms with Gasteiger partial charge in [-0.25, -0.2) is 0 Å². The van der Waals surface area contributed by atoms with Crippen LogP contribution < -0.4 is 0 Å². The highest BCUT2D eigenvalue weighted by molar-refractivity contribution is 6.12. The first kappa shape index (κ1) is 15.0. The van der Waals surface area contributed by atoms with Crippen molar-refractivity contribution < 1.29 is 19.8 Å². The molecule has 3 rings (SSSR count). The molecule has 5 nitrogen and oxygen atoms in total. The molecule has 2 N–H and O–H groups in total. The highest BCUT2D eigenvalue weighted by atomic mass is 16.3. The topological polar surface area (TPSA) is 77.8 Å². The van der Waals surface area contributed by atoms with Gasteiger partial charge < -0.3 is 10.2 Å². The number of rotatable bonds is 4. The summed E-state index contributed by atoms with van der Waals surface area (Å²) < 4.78 is 0. The lowest BCUT2D eigenvalue weighted by Crippen LogP contribution is -2.63. The van der Waals surface area contributed by atoms with E-state index in [-0.39, 0.29) is 36.9 Å². The second kappa shape index (κ2) is 4.78. The van der Waals surface area contributed by atoms with Gasteiger partial charge in [-0.3, -0.25) is 14.5 Å². The average molecular weight is 295 g/mol. The Morgan fingerprint density at radius 1 is 1.19 bits per heavy atom. The summed E-state index contributed by atoms with van der Waals surface area (Å²) in [5.41, 5.74) is -1.27. The maximum absolute atomic E-state index is 13.1. The van der Waals surface area contributed by atoms with E-state index in [1.165, 1.54) is 4.90 Å². The van der Waals surface area contributed by atoms with Crippen LogP contribution in [0, 0.1) is 22.7 Å². The molecule has 3 fully saturated rings. The quantitative estimate of drug-likeness (QED) is 0.756. The van der Waals surface area contributed by atoms with E-state index in [2.05, 4.69) is 0 Å². The van der Waals surface area contributed by atoms with E-state index in [0.717, 1.165) is 19.3 Å². The number of carbonyl (C=O) groups is 2. The normalized spacial score (nSPS) is 40.0. The van der Waals surface area contributed by atoms with Gasteiger partial charge in [0.1, 0.15) is 0 Å². The first-order valence-corrected chi connectivity index (χ1v) is 8.06. The largest absolute Gasteiger partial charge is 0.396 e. The number of carbonyl (C=O) groups excluding carboxylic acids is 2. The fraction of sp³-hybridized carbons (Fsp3) is 0.875. The molecule has 2 amide bonds. The number of nitrogens with zero attached hydrogens (tertiary/aromatic N) is 1. The summed E-state index contributed by atoms with van der Waals surface area (Å²) in [6.07, 6.45) is 3.99. The zero-order chi connectivity index (χ0) is 15.4. The highest BCUT2D eigenvalue weighted by Gasteiger charge is 2.79. The minimum absolute atomic E-state index is 0.0277. The molecule has 0 aromatic rings. The number of amides is 2. The zero-order valence-electron chi connectivity index (χ0n) is 12.8. The van der Waals surface area contributed by atoms with Crippen molar-refractivity contribution in [3.8, 4) is 0 Å². The van der Waals surface area contributed by atoms with E-state index in [1.807, 2.05) is 13.8 Å². The van der Waals surface area contributed by atoms with E-state index in [1.54, 1.807) is 0 Å². The monoisotopic (exact) mass is 295 g/mol.